The molecule has 0 saturated carbocycles. The fraction of sp³-hybridized carbons (Fsp3) is 0.412. The second-order valence-electron chi connectivity index (χ2n) is 5.70. The predicted octanol–water partition coefficient (Wildman–Crippen LogP) is 2.35. The molecule has 0 N–H and O–H groups in total. The van der Waals surface area contributed by atoms with Gasteiger partial charge in [-0.05, 0) is 25.3 Å². The van der Waals surface area contributed by atoms with Crippen molar-refractivity contribution in [1.29, 1.82) is 0 Å². The molecule has 1 saturated heterocycles. The summed E-state index contributed by atoms with van der Waals surface area (Å²) in [5.41, 5.74) is 1.66. The molecule has 0 bridgehead atoms. The third-order valence-corrected chi connectivity index (χ3v) is 4.36. The minimum Gasteiger partial charge on any atom is -0.467 e. The number of aryl methyl sites for hydroxylation is 1. The van der Waals surface area contributed by atoms with E-state index in [1.165, 1.54) is 7.11 Å². The summed E-state index contributed by atoms with van der Waals surface area (Å²) in [5, 5.41) is 0.921. The Balaban J connectivity index is 1.99. The Morgan fingerprint density at radius 3 is 2.77 bits per heavy atom. The largest absolute Gasteiger partial charge is 0.467 e. The van der Waals surface area contributed by atoms with E-state index in [4.69, 9.17) is 4.74 Å². The maximum atomic E-state index is 13.0. The SMILES string of the molecule is COC(=O)C1CCCCN1C(=O)c1cn(C)c2ccccc12. The highest BCUT2D eigenvalue weighted by Crippen LogP contribution is 2.25. The number of carbonyl (C=O) groups is 2. The van der Waals surface area contributed by atoms with Crippen molar-refractivity contribution in [3.8, 4) is 0 Å². The van der Waals surface area contributed by atoms with Crippen molar-refractivity contribution in [1.82, 2.24) is 9.47 Å². The molecule has 5 heteroatoms. The van der Waals surface area contributed by atoms with E-state index >= 15 is 0 Å². The monoisotopic (exact) mass is 300 g/mol. The normalized spacial score (nSPS) is 18.5. The number of methoxy groups -OCH3 is 1. The average molecular weight is 300 g/mol. The molecule has 0 radical (unpaired) electrons. The lowest BCUT2D eigenvalue weighted by Crippen LogP contribution is -2.48. The average Bonchev–Trinajstić information content (AvgIpc) is 2.91. The van der Waals surface area contributed by atoms with Crippen molar-refractivity contribution < 1.29 is 14.3 Å². The summed E-state index contributed by atoms with van der Waals surface area (Å²) >= 11 is 0. The van der Waals surface area contributed by atoms with Gasteiger partial charge in [-0.15, -0.1) is 0 Å². The maximum absolute atomic E-state index is 13.0. The van der Waals surface area contributed by atoms with E-state index in [0.29, 0.717) is 18.5 Å². The molecule has 1 aliphatic rings. The summed E-state index contributed by atoms with van der Waals surface area (Å²) in [6, 6.07) is 7.34. The van der Waals surface area contributed by atoms with Crippen LogP contribution in [0.25, 0.3) is 10.9 Å². The van der Waals surface area contributed by atoms with E-state index < -0.39 is 6.04 Å². The minimum atomic E-state index is -0.467. The Morgan fingerprint density at radius 1 is 1.23 bits per heavy atom. The number of piperidine rings is 1. The third kappa shape index (κ3) is 2.36. The van der Waals surface area contributed by atoms with E-state index in [1.54, 1.807) is 4.90 Å². The summed E-state index contributed by atoms with van der Waals surface area (Å²) in [4.78, 5) is 26.6. The third-order valence-electron chi connectivity index (χ3n) is 4.36. The lowest BCUT2D eigenvalue weighted by atomic mass is 10.0. The van der Waals surface area contributed by atoms with E-state index in [1.807, 2.05) is 42.1 Å². The van der Waals surface area contributed by atoms with Crippen LogP contribution < -0.4 is 0 Å². The molecule has 0 aliphatic carbocycles. The Morgan fingerprint density at radius 2 is 2.00 bits per heavy atom. The van der Waals surface area contributed by atoms with Gasteiger partial charge in [-0.1, -0.05) is 18.2 Å². The smallest absolute Gasteiger partial charge is 0.328 e. The summed E-state index contributed by atoms with van der Waals surface area (Å²) in [6.07, 6.45) is 4.38. The molecule has 1 aromatic carbocycles. The second kappa shape index (κ2) is 5.83. The van der Waals surface area contributed by atoms with Crippen LogP contribution in [-0.4, -0.2) is 41.0 Å². The number of hydrogen-bond donors (Lipinski definition) is 0. The molecule has 1 unspecified atom stereocenters. The van der Waals surface area contributed by atoms with Crippen LogP contribution in [0.2, 0.25) is 0 Å². The van der Waals surface area contributed by atoms with Crippen LogP contribution >= 0.6 is 0 Å². The van der Waals surface area contributed by atoms with Crippen LogP contribution in [-0.2, 0) is 16.6 Å². The van der Waals surface area contributed by atoms with E-state index in [0.717, 1.165) is 23.7 Å². The van der Waals surface area contributed by atoms with Crippen molar-refractivity contribution in [2.75, 3.05) is 13.7 Å². The number of para-hydroxylation sites is 1. The topological polar surface area (TPSA) is 51.5 Å². The molecule has 1 fully saturated rings. The number of hydrogen-bond acceptors (Lipinski definition) is 3. The van der Waals surface area contributed by atoms with Crippen molar-refractivity contribution in [3.63, 3.8) is 0 Å². The van der Waals surface area contributed by atoms with Gasteiger partial charge in [-0.2, -0.15) is 0 Å². The number of ether oxygens (including phenoxy) is 1. The zero-order chi connectivity index (χ0) is 15.7. The van der Waals surface area contributed by atoms with E-state index in [2.05, 4.69) is 0 Å². The van der Waals surface area contributed by atoms with Gasteiger partial charge in [0.1, 0.15) is 6.04 Å². The number of amides is 1. The molecule has 0 spiro atoms. The molecular weight excluding hydrogens is 280 g/mol. The highest BCUT2D eigenvalue weighted by molar-refractivity contribution is 6.08. The number of carbonyl (C=O) groups excluding carboxylic acids is 2. The first kappa shape index (κ1) is 14.6. The molecule has 5 nitrogen and oxygen atoms in total. The summed E-state index contributed by atoms with van der Waals surface area (Å²) in [6.45, 7) is 0.599. The zero-order valence-corrected chi connectivity index (χ0v) is 12.9. The van der Waals surface area contributed by atoms with Crippen molar-refractivity contribution in [2.45, 2.75) is 25.3 Å². The first-order valence-corrected chi connectivity index (χ1v) is 7.56. The number of fused-ring (bicyclic) bond motifs is 1. The van der Waals surface area contributed by atoms with Crippen LogP contribution in [0.3, 0.4) is 0 Å². The maximum Gasteiger partial charge on any atom is 0.328 e. The molecule has 3 rings (SSSR count). The molecule has 1 aromatic heterocycles. The molecule has 1 atom stereocenters. The quantitative estimate of drug-likeness (QED) is 0.800. The predicted molar refractivity (Wildman–Crippen MR) is 83.6 cm³/mol. The molecule has 116 valence electrons. The van der Waals surface area contributed by atoms with Gasteiger partial charge in [0.15, 0.2) is 0 Å². The molecule has 1 aliphatic heterocycles. The van der Waals surface area contributed by atoms with Crippen molar-refractivity contribution in [3.05, 3.63) is 36.0 Å². The fourth-order valence-electron chi connectivity index (χ4n) is 3.22. The van der Waals surface area contributed by atoms with Crippen LogP contribution in [0.5, 0.6) is 0 Å². The van der Waals surface area contributed by atoms with Gasteiger partial charge in [0, 0.05) is 30.7 Å². The van der Waals surface area contributed by atoms with Gasteiger partial charge < -0.3 is 14.2 Å². The number of rotatable bonds is 2. The zero-order valence-electron chi connectivity index (χ0n) is 12.9. The van der Waals surface area contributed by atoms with Crippen LogP contribution in [0.4, 0.5) is 0 Å². The molecule has 2 heterocycles. The summed E-state index contributed by atoms with van der Waals surface area (Å²) in [5.74, 6) is -0.416. The lowest BCUT2D eigenvalue weighted by molar-refractivity contribution is -0.147. The Kier molecular flexibility index (Phi) is 3.88. The van der Waals surface area contributed by atoms with Crippen LogP contribution in [0.15, 0.2) is 30.5 Å². The number of esters is 1. The van der Waals surface area contributed by atoms with Gasteiger partial charge in [-0.25, -0.2) is 4.79 Å². The Bertz CT molecular complexity index is 720. The minimum absolute atomic E-state index is 0.0908. The van der Waals surface area contributed by atoms with Crippen LogP contribution in [0.1, 0.15) is 29.6 Å². The summed E-state index contributed by atoms with van der Waals surface area (Å²) < 4.78 is 6.80. The second-order valence-corrected chi connectivity index (χ2v) is 5.70. The van der Waals surface area contributed by atoms with Gasteiger partial charge in [0.05, 0.1) is 12.7 Å². The molecule has 2 aromatic rings. The number of benzene rings is 1. The van der Waals surface area contributed by atoms with Gasteiger partial charge in [-0.3, -0.25) is 4.79 Å². The summed E-state index contributed by atoms with van der Waals surface area (Å²) in [7, 11) is 3.30. The fourth-order valence-corrected chi connectivity index (χ4v) is 3.22. The number of likely N-dealkylation sites (tertiary alicyclic amines) is 1. The molecular formula is C17H20N2O3. The first-order valence-electron chi connectivity index (χ1n) is 7.56. The number of aromatic nitrogens is 1. The molecule has 22 heavy (non-hydrogen) atoms. The van der Waals surface area contributed by atoms with Crippen molar-refractivity contribution in [2.24, 2.45) is 7.05 Å². The van der Waals surface area contributed by atoms with Gasteiger partial charge in [0.2, 0.25) is 0 Å². The Labute approximate surface area is 129 Å². The standard InChI is InChI=1S/C17H20N2O3/c1-18-11-13(12-7-3-4-8-14(12)18)16(20)19-10-6-5-9-15(19)17(21)22-2/h3-4,7-8,11,15H,5-6,9-10H2,1-2H3. The number of nitrogens with zero attached hydrogens (tertiary/aromatic N) is 2. The van der Waals surface area contributed by atoms with Gasteiger partial charge >= 0.3 is 5.97 Å². The van der Waals surface area contributed by atoms with Crippen molar-refractivity contribution >= 4 is 22.8 Å². The first-order chi connectivity index (χ1) is 10.6. The highest BCUT2D eigenvalue weighted by atomic mass is 16.5. The molecule has 1 amide bonds. The lowest BCUT2D eigenvalue weighted by Gasteiger charge is -2.33. The van der Waals surface area contributed by atoms with E-state index in [-0.39, 0.29) is 11.9 Å². The van der Waals surface area contributed by atoms with E-state index in [9.17, 15) is 9.59 Å². The van der Waals surface area contributed by atoms with Gasteiger partial charge in [0.25, 0.3) is 5.91 Å². The van der Waals surface area contributed by atoms with Crippen LogP contribution in [0, 0.1) is 0 Å². The Hall–Kier alpha value is -2.30. The highest BCUT2D eigenvalue weighted by Gasteiger charge is 2.34.